The predicted octanol–water partition coefficient (Wildman–Crippen LogP) is 23.1. The maximum atomic E-state index is 13.4. The molecular formula is C112H113N5O18. The Hall–Kier alpha value is -16.0. The summed E-state index contributed by atoms with van der Waals surface area (Å²) in [5, 5.41) is 5.17. The number of hydrogen-bond acceptors (Lipinski definition) is 18. The summed E-state index contributed by atoms with van der Waals surface area (Å²) in [6.07, 6.45) is 12.0. The Kier molecular flexibility index (Phi) is 36.7. The van der Waals surface area contributed by atoms with Crippen LogP contribution in [-0.4, -0.2) is 74.7 Å². The number of carbonyl (C=O) groups excluding carboxylic acids is 3. The van der Waals surface area contributed by atoms with Crippen LogP contribution in [0.3, 0.4) is 0 Å². The minimum Gasteiger partial charge on any atom is -0.466 e. The molecule has 23 nitrogen and oxygen atoms in total. The summed E-state index contributed by atoms with van der Waals surface area (Å²) < 4.78 is 60.6. The van der Waals surface area contributed by atoms with Gasteiger partial charge >= 0.3 is 17.9 Å². The average Bonchev–Trinajstić information content (AvgIpc) is 0.764. The maximum absolute atomic E-state index is 13.4. The topological polar surface area (TPSA) is 254 Å². The van der Waals surface area contributed by atoms with Gasteiger partial charge in [-0.1, -0.05) is 237 Å². The van der Waals surface area contributed by atoms with Crippen molar-refractivity contribution in [3.8, 4) is 84.4 Å². The molecule has 23 heteroatoms. The van der Waals surface area contributed by atoms with Crippen LogP contribution in [0.1, 0.15) is 99.0 Å². The van der Waals surface area contributed by atoms with Crippen molar-refractivity contribution in [2.24, 2.45) is 14.1 Å². The highest BCUT2D eigenvalue weighted by Crippen LogP contribution is 2.32. The smallest absolute Gasteiger partial charge is 0.335 e. The largest absolute Gasteiger partial charge is 0.466 e. The third kappa shape index (κ3) is 26.7. The van der Waals surface area contributed by atoms with Gasteiger partial charge in [0.25, 0.3) is 27.8 Å². The van der Waals surface area contributed by atoms with E-state index in [1.807, 2.05) is 250 Å². The molecule has 0 amide bonds. The van der Waals surface area contributed by atoms with E-state index < -0.39 is 17.9 Å². The van der Waals surface area contributed by atoms with E-state index in [1.54, 1.807) is 73.5 Å². The zero-order valence-corrected chi connectivity index (χ0v) is 77.5. The number of ether oxygens (including phenoxy) is 10. The number of fused-ring (bicyclic) bond motifs is 5. The van der Waals surface area contributed by atoms with Crippen LogP contribution < -0.4 is 51.5 Å². The second kappa shape index (κ2) is 49.8. The Labute approximate surface area is 784 Å². The first-order valence-electron chi connectivity index (χ1n) is 44.6. The van der Waals surface area contributed by atoms with Crippen molar-refractivity contribution in [3.63, 3.8) is 0 Å². The number of rotatable bonds is 36. The number of aromatic nitrogens is 5. The molecule has 694 valence electrons. The molecule has 10 aromatic carbocycles. The zero-order chi connectivity index (χ0) is 96.3. The van der Waals surface area contributed by atoms with Gasteiger partial charge in [0.05, 0.1) is 40.1 Å². The van der Waals surface area contributed by atoms with Crippen LogP contribution in [0.4, 0.5) is 0 Å². The maximum Gasteiger partial charge on any atom is 0.335 e. The summed E-state index contributed by atoms with van der Waals surface area (Å²) >= 11 is 0. The number of nitrogens with zero attached hydrogens (tertiary/aromatic N) is 5. The van der Waals surface area contributed by atoms with Crippen LogP contribution in [0.25, 0.3) is 110 Å². The number of esters is 3. The van der Waals surface area contributed by atoms with E-state index in [9.17, 15) is 38.4 Å². The normalized spacial score (nSPS) is 10.9. The van der Waals surface area contributed by atoms with E-state index in [0.29, 0.717) is 80.8 Å². The summed E-state index contributed by atoms with van der Waals surface area (Å²) in [5.41, 5.74) is 12.8. The number of unbranched alkanes of at least 4 members (excludes halogenated alkanes) is 4. The lowest BCUT2D eigenvalue weighted by Gasteiger charge is -2.19. The fourth-order valence-corrected chi connectivity index (χ4v) is 15.0. The highest BCUT2D eigenvalue weighted by Gasteiger charge is 2.20. The van der Waals surface area contributed by atoms with E-state index >= 15 is 0 Å². The van der Waals surface area contributed by atoms with Gasteiger partial charge in [-0.25, -0.2) is 14.4 Å². The van der Waals surface area contributed by atoms with Crippen LogP contribution >= 0.6 is 0 Å². The lowest BCUT2D eigenvalue weighted by molar-refractivity contribution is -0.146. The third-order valence-electron chi connectivity index (χ3n) is 22.1. The lowest BCUT2D eigenvalue weighted by Crippen LogP contribution is -2.25. The van der Waals surface area contributed by atoms with Gasteiger partial charge in [-0.05, 0) is 216 Å². The highest BCUT2D eigenvalue weighted by molar-refractivity contribution is 5.90. The van der Waals surface area contributed by atoms with Gasteiger partial charge in [-0.2, -0.15) is 0 Å². The van der Waals surface area contributed by atoms with E-state index in [-0.39, 0.29) is 67.8 Å². The molecule has 0 spiro atoms. The van der Waals surface area contributed by atoms with E-state index in [0.717, 1.165) is 140 Å². The summed E-state index contributed by atoms with van der Waals surface area (Å²) in [7, 11) is 3.58. The third-order valence-corrected chi connectivity index (χ3v) is 22.1. The molecule has 15 rings (SSSR count). The van der Waals surface area contributed by atoms with Crippen molar-refractivity contribution in [3.05, 3.63) is 387 Å². The molecule has 15 aromatic rings. The molecule has 0 aliphatic rings. The number of hydrogen-bond donors (Lipinski definition) is 0. The van der Waals surface area contributed by atoms with E-state index in [1.165, 1.54) is 12.5 Å². The number of aryl methyl sites for hydroxylation is 4. The number of para-hydroxylation sites is 5. The Morgan fingerprint density at radius 3 is 0.911 bits per heavy atom. The molecule has 0 saturated heterocycles. The number of carbonyl (C=O) groups is 3. The van der Waals surface area contributed by atoms with Crippen LogP contribution in [-0.2, 0) is 65.3 Å². The molecule has 0 aliphatic heterocycles. The standard InChI is InChI=1S/2C25H27NO4.C24H25NO4.2C19H17NO3/c1-5-8-18(4)26-23-10-7-6-9-20(23)15-22(24(26)27)19-11-13-21(14-12-19)29-16-30-25(28)17(2)3;1-4-5-8-15-26-23-10-7-6-9-20(23)16-22(24(26)27)19-11-13-21(14-12-19)29-17-30-25(28)18(2)3;1-3-5-8-15-25-22-10-7-6-9-19(22)16-21(24(25)27)18-11-13-20(14-12-18)28-17-29-23(26)4-2;2*1-3-22-13-23-16-10-8-14(9-11-16)17-12-15-6-4-5-7-18(15)20(2)19(17)21/h6-7,9-15,18H,2,5,8,16H2,1,3-4H3;6-7,9-14,16H,2,4-5,8,15,17H2,1,3H3;4,6-7,9-14,16H,2-3,5,8,15,17H2,1H3;2*3-12H,1,13H2,2H3. The molecule has 0 aliphatic carbocycles. The fraction of sp³-hybridized carbons (Fsp3) is 0.214. The molecule has 1 atom stereocenters. The molecule has 0 bridgehead atoms. The first-order chi connectivity index (χ1) is 65.5. The van der Waals surface area contributed by atoms with Gasteiger partial charge in [0.2, 0.25) is 34.0 Å². The molecule has 135 heavy (non-hydrogen) atoms. The van der Waals surface area contributed by atoms with Crippen molar-refractivity contribution < 1.29 is 61.8 Å². The highest BCUT2D eigenvalue weighted by atomic mass is 16.7. The van der Waals surface area contributed by atoms with Gasteiger partial charge in [-0.15, -0.1) is 0 Å². The van der Waals surface area contributed by atoms with Crippen molar-refractivity contribution in [2.75, 3.05) is 34.0 Å². The SMILES string of the molecule is C=C(C)C(=O)OCOc1ccc(-c2cc3ccccc3n(C(C)CCC)c2=O)cc1.C=C(C)C(=O)OCOc1ccc(-c2cc3ccccc3n(CCCCC)c2=O)cc1.C=CC(=O)OCOc1ccc(-c2cc3ccccc3n(CCCCC)c2=O)cc1.C=COCOc1ccc(-c2cc3ccccc3n(C)c2=O)cc1.C=COCOc1ccc(-c2cc3ccccc3n(C)c2=O)cc1. The van der Waals surface area contributed by atoms with Gasteiger partial charge in [-0.3, -0.25) is 24.0 Å². The van der Waals surface area contributed by atoms with Crippen molar-refractivity contribution in [2.45, 2.75) is 112 Å². The van der Waals surface area contributed by atoms with Crippen LogP contribution in [0.2, 0.25) is 0 Å². The second-order valence-corrected chi connectivity index (χ2v) is 31.6. The van der Waals surface area contributed by atoms with Gasteiger partial charge in [0, 0.05) is 78.3 Å². The van der Waals surface area contributed by atoms with Crippen molar-refractivity contribution in [1.29, 1.82) is 0 Å². The van der Waals surface area contributed by atoms with E-state index in [2.05, 4.69) is 60.6 Å². The number of benzene rings is 10. The molecule has 0 N–H and O–H groups in total. The molecule has 5 aromatic heterocycles. The van der Waals surface area contributed by atoms with Gasteiger partial charge in [0.1, 0.15) is 28.7 Å². The number of pyridine rings is 5. The van der Waals surface area contributed by atoms with Crippen LogP contribution in [0, 0.1) is 0 Å². The minimum atomic E-state index is -0.540. The Bertz CT molecular complexity index is 6840. The van der Waals surface area contributed by atoms with E-state index in [4.69, 9.17) is 47.4 Å². The van der Waals surface area contributed by atoms with Crippen LogP contribution in [0.5, 0.6) is 28.7 Å². The monoisotopic (exact) mass is 1820 g/mol. The summed E-state index contributed by atoms with van der Waals surface area (Å²) in [4.78, 5) is 98.8. The molecule has 0 radical (unpaired) electrons. The minimum absolute atomic E-state index is 0.00120. The zero-order valence-electron chi connectivity index (χ0n) is 77.5. The first-order valence-corrected chi connectivity index (χ1v) is 44.6. The van der Waals surface area contributed by atoms with Gasteiger partial charge < -0.3 is 70.2 Å². The average molecular weight is 1820 g/mol. The Morgan fingerprint density at radius 2 is 0.607 bits per heavy atom. The molecule has 5 heterocycles. The quantitative estimate of drug-likeness (QED) is 0.00883. The fourth-order valence-electron chi connectivity index (χ4n) is 15.0. The van der Waals surface area contributed by atoms with Gasteiger partial charge in [0.15, 0.2) is 0 Å². The molecule has 0 fully saturated rings. The molecule has 0 saturated carbocycles. The lowest BCUT2D eigenvalue weighted by atomic mass is 10.0. The van der Waals surface area contributed by atoms with Crippen molar-refractivity contribution >= 4 is 72.4 Å². The summed E-state index contributed by atoms with van der Waals surface area (Å²) in [6, 6.07) is 85.7. The predicted molar refractivity (Wildman–Crippen MR) is 537 cm³/mol. The summed E-state index contributed by atoms with van der Waals surface area (Å²) in [5.74, 6) is 1.47. The van der Waals surface area contributed by atoms with Crippen molar-refractivity contribution in [1.82, 2.24) is 22.8 Å². The Balaban J connectivity index is 0.000000163. The van der Waals surface area contributed by atoms with Crippen LogP contribution in [0.15, 0.2) is 360 Å². The Morgan fingerprint density at radius 1 is 0.333 bits per heavy atom. The molecule has 1 unspecified atom stereocenters. The first kappa shape index (κ1) is 99.5. The second-order valence-electron chi connectivity index (χ2n) is 31.6. The summed E-state index contributed by atoms with van der Waals surface area (Å²) in [6.45, 7) is 30.0. The molecular weight excluding hydrogens is 1700 g/mol.